The maximum Gasteiger partial charge on any atom is 0.338 e. The predicted molar refractivity (Wildman–Crippen MR) is 116 cm³/mol. The zero-order valence-corrected chi connectivity index (χ0v) is 17.6. The van der Waals surface area contributed by atoms with Gasteiger partial charge >= 0.3 is 11.9 Å². The Hall–Kier alpha value is -4.46. The van der Waals surface area contributed by atoms with Crippen molar-refractivity contribution < 1.29 is 33.8 Å². The van der Waals surface area contributed by atoms with Crippen LogP contribution in [-0.2, 0) is 17.9 Å². The number of esters is 1. The van der Waals surface area contributed by atoms with Gasteiger partial charge in [-0.25, -0.2) is 9.59 Å². The van der Waals surface area contributed by atoms with Gasteiger partial charge in [0.15, 0.2) is 0 Å². The SMILES string of the molecule is COc1ccc(COC(=O)c2ccc3c(c2)C(=O)N(C(=O)c2ccc(C(=O)O)cc2)C3)cc1. The lowest BCUT2D eigenvalue weighted by atomic mass is 10.1. The standard InChI is InChI=1S/C25H19NO7/c1-32-20-10-2-15(3-11-20)14-33-25(31)18-8-9-19-13-26(23(28)21(19)12-18)22(27)16-4-6-17(7-5-16)24(29)30/h2-12H,13-14H2,1H3,(H,29,30). The number of carbonyl (C=O) groups excluding carboxylic acids is 3. The summed E-state index contributed by atoms with van der Waals surface area (Å²) in [4.78, 5) is 50.2. The van der Waals surface area contributed by atoms with E-state index in [2.05, 4.69) is 0 Å². The molecule has 1 N–H and O–H groups in total. The van der Waals surface area contributed by atoms with Gasteiger partial charge in [-0.05, 0) is 59.7 Å². The van der Waals surface area contributed by atoms with E-state index in [1.54, 1.807) is 43.5 Å². The van der Waals surface area contributed by atoms with Crippen LogP contribution in [0.3, 0.4) is 0 Å². The molecular formula is C25H19NO7. The van der Waals surface area contributed by atoms with E-state index < -0.39 is 23.8 Å². The Morgan fingerprint density at radius 1 is 0.909 bits per heavy atom. The lowest BCUT2D eigenvalue weighted by molar-refractivity contribution is 0.0472. The van der Waals surface area contributed by atoms with Crippen LogP contribution in [0.15, 0.2) is 66.7 Å². The average Bonchev–Trinajstić information content (AvgIpc) is 3.18. The maximum atomic E-state index is 12.8. The Morgan fingerprint density at radius 3 is 2.18 bits per heavy atom. The second-order valence-electron chi connectivity index (χ2n) is 7.38. The number of ether oxygens (including phenoxy) is 2. The van der Waals surface area contributed by atoms with Crippen LogP contribution in [0.5, 0.6) is 5.75 Å². The summed E-state index contributed by atoms with van der Waals surface area (Å²) in [6.45, 7) is 0.125. The van der Waals surface area contributed by atoms with Gasteiger partial charge in [-0.2, -0.15) is 0 Å². The highest BCUT2D eigenvalue weighted by Gasteiger charge is 2.33. The van der Waals surface area contributed by atoms with Crippen molar-refractivity contribution in [1.82, 2.24) is 4.90 Å². The van der Waals surface area contributed by atoms with Gasteiger partial charge in [0.1, 0.15) is 12.4 Å². The van der Waals surface area contributed by atoms with E-state index in [1.165, 1.54) is 30.3 Å². The molecule has 0 aliphatic carbocycles. The summed E-state index contributed by atoms with van der Waals surface area (Å²) < 4.78 is 10.4. The van der Waals surface area contributed by atoms with E-state index in [0.717, 1.165) is 10.5 Å². The highest BCUT2D eigenvalue weighted by molar-refractivity contribution is 6.13. The van der Waals surface area contributed by atoms with Gasteiger partial charge in [0.2, 0.25) is 0 Å². The second kappa shape index (κ2) is 8.96. The summed E-state index contributed by atoms with van der Waals surface area (Å²) in [5, 5.41) is 8.99. The van der Waals surface area contributed by atoms with E-state index in [0.29, 0.717) is 11.3 Å². The zero-order chi connectivity index (χ0) is 23.5. The summed E-state index contributed by atoms with van der Waals surface area (Å²) in [6.07, 6.45) is 0. The first-order chi connectivity index (χ1) is 15.9. The van der Waals surface area contributed by atoms with Gasteiger partial charge in [0.05, 0.1) is 24.8 Å². The number of rotatable bonds is 6. The summed E-state index contributed by atoms with van der Waals surface area (Å²) in [5.41, 5.74) is 2.09. The molecule has 0 saturated carbocycles. The van der Waals surface area contributed by atoms with Crippen LogP contribution in [0, 0.1) is 0 Å². The van der Waals surface area contributed by atoms with Crippen LogP contribution in [0.4, 0.5) is 0 Å². The van der Waals surface area contributed by atoms with Crippen molar-refractivity contribution in [1.29, 1.82) is 0 Å². The quantitative estimate of drug-likeness (QED) is 0.456. The number of carbonyl (C=O) groups is 4. The molecule has 0 unspecified atom stereocenters. The minimum atomic E-state index is -1.11. The molecule has 33 heavy (non-hydrogen) atoms. The number of amides is 2. The lowest BCUT2D eigenvalue weighted by Crippen LogP contribution is -2.31. The van der Waals surface area contributed by atoms with Crippen molar-refractivity contribution in [2.24, 2.45) is 0 Å². The molecule has 3 aromatic rings. The van der Waals surface area contributed by atoms with Gasteiger partial charge in [-0.1, -0.05) is 18.2 Å². The number of methoxy groups -OCH3 is 1. The van der Waals surface area contributed by atoms with Crippen LogP contribution in [0.1, 0.15) is 52.6 Å². The summed E-state index contributed by atoms with van der Waals surface area (Å²) in [7, 11) is 1.56. The van der Waals surface area contributed by atoms with Gasteiger partial charge in [-0.15, -0.1) is 0 Å². The smallest absolute Gasteiger partial charge is 0.338 e. The van der Waals surface area contributed by atoms with Crippen molar-refractivity contribution >= 4 is 23.8 Å². The zero-order valence-electron chi connectivity index (χ0n) is 17.6. The molecule has 0 fully saturated rings. The molecule has 166 valence electrons. The fourth-order valence-corrected chi connectivity index (χ4v) is 3.46. The Balaban J connectivity index is 1.45. The van der Waals surface area contributed by atoms with E-state index >= 15 is 0 Å². The molecule has 4 rings (SSSR count). The molecule has 1 aliphatic heterocycles. The van der Waals surface area contributed by atoms with Crippen molar-refractivity contribution in [3.05, 3.63) is 100 Å². The molecule has 0 spiro atoms. The van der Waals surface area contributed by atoms with Crippen molar-refractivity contribution in [2.45, 2.75) is 13.2 Å². The van der Waals surface area contributed by atoms with E-state index in [9.17, 15) is 19.2 Å². The Bertz CT molecular complexity index is 1250. The molecular weight excluding hydrogens is 426 g/mol. The lowest BCUT2D eigenvalue weighted by Gasteiger charge is -2.13. The number of fused-ring (bicyclic) bond motifs is 1. The van der Waals surface area contributed by atoms with Crippen LogP contribution >= 0.6 is 0 Å². The molecule has 1 aliphatic rings. The third-order valence-corrected chi connectivity index (χ3v) is 5.30. The topological polar surface area (TPSA) is 110 Å². The van der Waals surface area contributed by atoms with Crippen LogP contribution in [0.2, 0.25) is 0 Å². The van der Waals surface area contributed by atoms with Crippen molar-refractivity contribution in [2.75, 3.05) is 7.11 Å². The van der Waals surface area contributed by atoms with E-state index in [4.69, 9.17) is 14.6 Å². The number of imide groups is 1. The molecule has 1 heterocycles. The van der Waals surface area contributed by atoms with Crippen molar-refractivity contribution in [3.8, 4) is 5.75 Å². The fourth-order valence-electron chi connectivity index (χ4n) is 3.46. The first-order valence-corrected chi connectivity index (χ1v) is 10.00. The minimum Gasteiger partial charge on any atom is -0.497 e. The number of hydrogen-bond donors (Lipinski definition) is 1. The molecule has 8 nitrogen and oxygen atoms in total. The molecule has 3 aromatic carbocycles. The monoisotopic (exact) mass is 445 g/mol. The minimum absolute atomic E-state index is 0.0420. The summed E-state index contributed by atoms with van der Waals surface area (Å²) >= 11 is 0. The molecule has 0 radical (unpaired) electrons. The Kier molecular flexibility index (Phi) is 5.91. The number of aromatic carboxylic acids is 1. The number of carboxylic acid groups (broad SMARTS) is 1. The maximum absolute atomic E-state index is 12.8. The molecule has 0 atom stereocenters. The van der Waals surface area contributed by atoms with Gasteiger partial charge < -0.3 is 14.6 Å². The largest absolute Gasteiger partial charge is 0.497 e. The number of benzene rings is 3. The molecule has 2 amide bonds. The Morgan fingerprint density at radius 2 is 1.55 bits per heavy atom. The van der Waals surface area contributed by atoms with Crippen LogP contribution < -0.4 is 4.74 Å². The molecule has 0 bridgehead atoms. The number of carboxylic acids is 1. The van der Waals surface area contributed by atoms with Gasteiger partial charge in [0, 0.05) is 11.1 Å². The number of hydrogen-bond acceptors (Lipinski definition) is 6. The average molecular weight is 445 g/mol. The highest BCUT2D eigenvalue weighted by Crippen LogP contribution is 2.26. The Labute approximate surface area is 189 Å². The molecule has 0 aromatic heterocycles. The van der Waals surface area contributed by atoms with Crippen molar-refractivity contribution in [3.63, 3.8) is 0 Å². The first-order valence-electron chi connectivity index (χ1n) is 10.00. The normalized spacial score (nSPS) is 12.3. The third kappa shape index (κ3) is 4.45. The van der Waals surface area contributed by atoms with Crippen LogP contribution in [-0.4, -0.2) is 40.9 Å². The first kappa shape index (κ1) is 21.8. The third-order valence-electron chi connectivity index (χ3n) is 5.30. The summed E-state index contributed by atoms with van der Waals surface area (Å²) in [5.74, 6) is -2.07. The molecule has 0 saturated heterocycles. The van der Waals surface area contributed by atoms with Crippen LogP contribution in [0.25, 0.3) is 0 Å². The second-order valence-corrected chi connectivity index (χ2v) is 7.38. The fraction of sp³-hybridized carbons (Fsp3) is 0.120. The van der Waals surface area contributed by atoms with E-state index in [1.807, 2.05) is 0 Å². The van der Waals surface area contributed by atoms with Gasteiger partial charge in [0.25, 0.3) is 11.8 Å². The van der Waals surface area contributed by atoms with E-state index in [-0.39, 0.29) is 35.4 Å². The molecule has 8 heteroatoms. The predicted octanol–water partition coefficient (Wildman–Crippen LogP) is 3.55. The highest BCUT2D eigenvalue weighted by atomic mass is 16.5. The van der Waals surface area contributed by atoms with Gasteiger partial charge in [-0.3, -0.25) is 14.5 Å². The summed E-state index contributed by atoms with van der Waals surface area (Å²) in [6, 6.07) is 17.0. The number of nitrogens with zero attached hydrogens (tertiary/aromatic N) is 1.